The van der Waals surface area contributed by atoms with Crippen LogP contribution in [0.4, 0.5) is 0 Å². The third kappa shape index (κ3) is 24.3. The van der Waals surface area contributed by atoms with Gasteiger partial charge < -0.3 is 9.47 Å². The van der Waals surface area contributed by atoms with Crippen LogP contribution < -0.4 is 0 Å². The summed E-state index contributed by atoms with van der Waals surface area (Å²) in [7, 11) is 3.52. The second-order valence-electron chi connectivity index (χ2n) is 12.7. The van der Waals surface area contributed by atoms with E-state index in [0.29, 0.717) is 0 Å². The normalized spacial score (nSPS) is 16.1. The van der Waals surface area contributed by atoms with Gasteiger partial charge in [0.05, 0.1) is 11.2 Å². The third-order valence-corrected chi connectivity index (χ3v) is 7.10. The van der Waals surface area contributed by atoms with E-state index in [1.165, 1.54) is 33.4 Å². The Labute approximate surface area is 272 Å². The van der Waals surface area contributed by atoms with E-state index in [2.05, 4.69) is 179 Å². The maximum Gasteiger partial charge on any atom is 0.0657 e. The molecule has 0 heterocycles. The van der Waals surface area contributed by atoms with Crippen molar-refractivity contribution in [2.24, 2.45) is 0 Å². The molecule has 0 N–H and O–H groups in total. The molecule has 0 unspecified atom stereocenters. The zero-order chi connectivity index (χ0) is 33.4. The molecular weight excluding hydrogens is 536 g/mol. The second kappa shape index (κ2) is 23.2. The monoisotopic (exact) mass is 598 g/mol. The lowest BCUT2D eigenvalue weighted by molar-refractivity contribution is 0.0252. The molecule has 0 aromatic rings. The molecule has 0 atom stereocenters. The van der Waals surface area contributed by atoms with Crippen LogP contribution in [0.15, 0.2) is 143 Å². The summed E-state index contributed by atoms with van der Waals surface area (Å²) in [4.78, 5) is 0. The van der Waals surface area contributed by atoms with Crippen molar-refractivity contribution < 1.29 is 9.47 Å². The highest BCUT2D eigenvalue weighted by Gasteiger charge is 2.13. The molecule has 242 valence electrons. The summed E-state index contributed by atoms with van der Waals surface area (Å²) in [6.07, 6.45) is 42.6. The van der Waals surface area contributed by atoms with Crippen LogP contribution in [0, 0.1) is 0 Å². The summed E-state index contributed by atoms with van der Waals surface area (Å²) in [5, 5.41) is 0. The van der Waals surface area contributed by atoms with Crippen molar-refractivity contribution >= 4 is 0 Å². The Morgan fingerprint density at radius 2 is 0.841 bits per heavy atom. The molecule has 2 nitrogen and oxygen atoms in total. The molecule has 0 spiro atoms. The largest absolute Gasteiger partial charge is 0.378 e. The van der Waals surface area contributed by atoms with Gasteiger partial charge in [-0.15, -0.1) is 0 Å². The maximum atomic E-state index is 5.47. The molecule has 0 aromatic heterocycles. The molecule has 0 radical (unpaired) electrons. The third-order valence-electron chi connectivity index (χ3n) is 7.10. The van der Waals surface area contributed by atoms with Crippen molar-refractivity contribution in [1.82, 2.24) is 0 Å². The number of hydrogen-bond donors (Lipinski definition) is 0. The summed E-state index contributed by atoms with van der Waals surface area (Å²) in [6, 6.07) is 0. The van der Waals surface area contributed by atoms with Crippen LogP contribution in [0.2, 0.25) is 0 Å². The van der Waals surface area contributed by atoms with Crippen molar-refractivity contribution in [2.75, 3.05) is 14.2 Å². The van der Waals surface area contributed by atoms with Crippen LogP contribution in [0.25, 0.3) is 0 Å². The van der Waals surface area contributed by atoms with Crippen LogP contribution >= 0.6 is 0 Å². The first-order valence-corrected chi connectivity index (χ1v) is 15.9. The van der Waals surface area contributed by atoms with E-state index in [-0.39, 0.29) is 11.2 Å². The van der Waals surface area contributed by atoms with E-state index in [0.717, 1.165) is 25.7 Å². The first-order valence-electron chi connectivity index (χ1n) is 15.9. The van der Waals surface area contributed by atoms with Gasteiger partial charge in [-0.25, -0.2) is 0 Å². The van der Waals surface area contributed by atoms with E-state index in [1.54, 1.807) is 14.2 Å². The minimum atomic E-state index is -0.121. The first-order chi connectivity index (χ1) is 20.7. The Morgan fingerprint density at radius 1 is 0.477 bits per heavy atom. The van der Waals surface area contributed by atoms with Crippen LogP contribution in [0.3, 0.4) is 0 Å². The van der Waals surface area contributed by atoms with Crippen LogP contribution in [-0.4, -0.2) is 25.4 Å². The number of ether oxygens (including phenoxy) is 2. The Morgan fingerprint density at radius 3 is 1.27 bits per heavy atom. The fraction of sp³-hybridized carbons (Fsp3) is 0.429. The zero-order valence-corrected chi connectivity index (χ0v) is 30.0. The summed E-state index contributed by atoms with van der Waals surface area (Å²) in [6.45, 7) is 21.2. The standard InChI is InChI=1S/C42H62O2/c1-35(23-15-25-37(3)27-17-29-39(5)31-19-33-41(7,8)43-11)21-13-14-22-36(2)24-16-26-38(4)28-18-30-40(6)32-20-34-42(9,10)44-12/h13-17,19-27,29-32H,18,28,33-34H2,1-12H3/b14-13+,23-15+,24-16+,27-17+,31-19+,32-20+,35-21+,36-22+,37-25+,38-26+,39-29+,40-30+. The molecular formula is C42H62O2. The average molecular weight is 599 g/mol. The molecule has 0 aliphatic heterocycles. The molecule has 0 saturated carbocycles. The van der Waals surface area contributed by atoms with Crippen molar-refractivity contribution in [3.63, 3.8) is 0 Å². The van der Waals surface area contributed by atoms with E-state index in [1.807, 2.05) is 0 Å². The van der Waals surface area contributed by atoms with Gasteiger partial charge in [-0.2, -0.15) is 0 Å². The molecule has 0 saturated heterocycles. The first kappa shape index (κ1) is 40.8. The lowest BCUT2D eigenvalue weighted by atomic mass is 10.0. The lowest BCUT2D eigenvalue weighted by Gasteiger charge is -2.20. The van der Waals surface area contributed by atoms with E-state index in [9.17, 15) is 0 Å². The molecule has 0 rings (SSSR count). The van der Waals surface area contributed by atoms with E-state index >= 15 is 0 Å². The Kier molecular flexibility index (Phi) is 21.5. The summed E-state index contributed by atoms with van der Waals surface area (Å²) >= 11 is 0. The highest BCUT2D eigenvalue weighted by Crippen LogP contribution is 2.15. The van der Waals surface area contributed by atoms with Crippen molar-refractivity contribution in [1.29, 1.82) is 0 Å². The predicted octanol–water partition coefficient (Wildman–Crippen LogP) is 12.4. The summed E-state index contributed by atoms with van der Waals surface area (Å²) in [5.41, 5.74) is 7.29. The van der Waals surface area contributed by atoms with Gasteiger partial charge >= 0.3 is 0 Å². The van der Waals surface area contributed by atoms with Crippen LogP contribution in [-0.2, 0) is 9.47 Å². The van der Waals surface area contributed by atoms with Gasteiger partial charge in [0, 0.05) is 14.2 Å². The predicted molar refractivity (Wildman–Crippen MR) is 198 cm³/mol. The molecule has 2 heteroatoms. The second-order valence-corrected chi connectivity index (χ2v) is 12.7. The summed E-state index contributed by atoms with van der Waals surface area (Å²) < 4.78 is 10.9. The van der Waals surface area contributed by atoms with Gasteiger partial charge in [0.15, 0.2) is 0 Å². The van der Waals surface area contributed by atoms with Gasteiger partial charge in [-0.1, -0.05) is 143 Å². The highest BCUT2D eigenvalue weighted by molar-refractivity contribution is 5.32. The Bertz CT molecular complexity index is 1210. The lowest BCUT2D eigenvalue weighted by Crippen LogP contribution is -2.20. The molecule has 0 bridgehead atoms. The highest BCUT2D eigenvalue weighted by atomic mass is 16.5. The Balaban J connectivity index is 4.70. The molecule has 44 heavy (non-hydrogen) atoms. The van der Waals surface area contributed by atoms with Gasteiger partial charge in [0.2, 0.25) is 0 Å². The van der Waals surface area contributed by atoms with Gasteiger partial charge in [-0.3, -0.25) is 0 Å². The van der Waals surface area contributed by atoms with Crippen molar-refractivity contribution in [3.8, 4) is 0 Å². The van der Waals surface area contributed by atoms with Gasteiger partial charge in [0.25, 0.3) is 0 Å². The maximum absolute atomic E-state index is 5.47. The quantitative estimate of drug-likeness (QED) is 0.138. The van der Waals surface area contributed by atoms with E-state index in [4.69, 9.17) is 9.47 Å². The minimum Gasteiger partial charge on any atom is -0.378 e. The molecule has 0 fully saturated rings. The minimum absolute atomic E-state index is 0.105. The van der Waals surface area contributed by atoms with Crippen molar-refractivity contribution in [2.45, 2.75) is 106 Å². The summed E-state index contributed by atoms with van der Waals surface area (Å²) in [5.74, 6) is 0. The van der Waals surface area contributed by atoms with Crippen LogP contribution in [0.1, 0.15) is 94.9 Å². The fourth-order valence-electron chi connectivity index (χ4n) is 3.61. The SMILES string of the molecule is COC(C)(C)C/C=C/C(C)=C/C=C/C(C)=C/C=C/C(C)=C/C=C/C=C(C)/C=C/C=C(\C)CC/C=C(C)/C=C/CC(C)(C)OC. The fourth-order valence-corrected chi connectivity index (χ4v) is 3.61. The average Bonchev–Trinajstić information content (AvgIpc) is 2.95. The van der Waals surface area contributed by atoms with Gasteiger partial charge in [0.1, 0.15) is 0 Å². The Hall–Kier alpha value is -3.20. The van der Waals surface area contributed by atoms with Crippen molar-refractivity contribution in [3.05, 3.63) is 143 Å². The number of allylic oxidation sites excluding steroid dienone is 22. The molecule has 0 aliphatic rings. The number of hydrogen-bond acceptors (Lipinski definition) is 2. The molecule has 0 aliphatic carbocycles. The van der Waals surface area contributed by atoms with Crippen LogP contribution in [0.5, 0.6) is 0 Å². The smallest absolute Gasteiger partial charge is 0.0657 e. The number of methoxy groups -OCH3 is 2. The van der Waals surface area contributed by atoms with E-state index < -0.39 is 0 Å². The molecule has 0 amide bonds. The van der Waals surface area contributed by atoms with Gasteiger partial charge in [-0.05, 0) is 94.9 Å². The topological polar surface area (TPSA) is 18.5 Å². The zero-order valence-electron chi connectivity index (χ0n) is 30.0. The molecule has 0 aromatic carbocycles. The number of rotatable bonds is 19.